The summed E-state index contributed by atoms with van der Waals surface area (Å²) in [6.07, 6.45) is 0. The van der Waals surface area contributed by atoms with Crippen LogP contribution in [0.25, 0.3) is 22.4 Å². The van der Waals surface area contributed by atoms with Crippen molar-refractivity contribution < 1.29 is 9.15 Å². The second-order valence-corrected chi connectivity index (χ2v) is 6.92. The number of nitrogens with zero attached hydrogens (tertiary/aromatic N) is 4. The summed E-state index contributed by atoms with van der Waals surface area (Å²) < 4.78 is 12.6. The molecule has 0 atom stereocenters. The van der Waals surface area contributed by atoms with E-state index < -0.39 is 0 Å². The molecular formula is C20H18N4O3S. The highest BCUT2D eigenvalue weighted by atomic mass is 32.2. The predicted octanol–water partition coefficient (Wildman–Crippen LogP) is 3.77. The minimum atomic E-state index is -0.0416. The van der Waals surface area contributed by atoms with Crippen LogP contribution in [0.3, 0.4) is 0 Å². The summed E-state index contributed by atoms with van der Waals surface area (Å²) in [7, 11) is 1.62. The molecule has 8 heteroatoms. The van der Waals surface area contributed by atoms with E-state index in [2.05, 4.69) is 15.2 Å². The van der Waals surface area contributed by atoms with Crippen molar-refractivity contribution in [2.24, 2.45) is 0 Å². The molecule has 0 radical (unpaired) electrons. The van der Waals surface area contributed by atoms with Crippen LogP contribution in [0.1, 0.15) is 12.8 Å². The number of rotatable bonds is 6. The second kappa shape index (κ2) is 7.85. The molecule has 0 aliphatic rings. The fraction of sp³-hybridized carbons (Fsp3) is 0.200. The van der Waals surface area contributed by atoms with Gasteiger partial charge in [0.2, 0.25) is 11.8 Å². The molecule has 0 spiro atoms. The molecule has 2 aromatic carbocycles. The van der Waals surface area contributed by atoms with E-state index in [9.17, 15) is 4.79 Å². The Morgan fingerprint density at radius 1 is 1.11 bits per heavy atom. The Balaban J connectivity index is 1.56. The lowest BCUT2D eigenvalue weighted by Crippen LogP contribution is -2.22. The van der Waals surface area contributed by atoms with Crippen LogP contribution >= 0.6 is 11.8 Å². The van der Waals surface area contributed by atoms with Crippen LogP contribution in [0.5, 0.6) is 5.75 Å². The van der Waals surface area contributed by atoms with E-state index >= 15 is 0 Å². The number of aromatic nitrogens is 4. The van der Waals surface area contributed by atoms with Crippen molar-refractivity contribution in [1.29, 1.82) is 0 Å². The molecule has 4 rings (SSSR count). The van der Waals surface area contributed by atoms with Gasteiger partial charge in [-0.2, -0.15) is 0 Å². The number of benzene rings is 2. The van der Waals surface area contributed by atoms with E-state index in [1.807, 2.05) is 49.4 Å². The monoisotopic (exact) mass is 394 g/mol. The van der Waals surface area contributed by atoms with Gasteiger partial charge in [-0.1, -0.05) is 23.9 Å². The summed E-state index contributed by atoms with van der Waals surface area (Å²) in [5.41, 5.74) is 1.46. The number of ether oxygens (including phenoxy) is 1. The van der Waals surface area contributed by atoms with Gasteiger partial charge in [-0.05, 0) is 43.3 Å². The number of fused-ring (bicyclic) bond motifs is 1. The zero-order chi connectivity index (χ0) is 19.5. The molecule has 7 nitrogen and oxygen atoms in total. The molecule has 0 saturated heterocycles. The number of hydrogen-bond acceptors (Lipinski definition) is 7. The summed E-state index contributed by atoms with van der Waals surface area (Å²) >= 11 is 1.40. The van der Waals surface area contributed by atoms with Crippen LogP contribution < -0.4 is 10.3 Å². The topological polar surface area (TPSA) is 83.0 Å². The molecule has 4 aromatic rings. The van der Waals surface area contributed by atoms with E-state index in [0.717, 1.165) is 11.3 Å². The number of methoxy groups -OCH3 is 1. The highest BCUT2D eigenvalue weighted by Crippen LogP contribution is 2.25. The lowest BCUT2D eigenvalue weighted by Gasteiger charge is -2.10. The fourth-order valence-electron chi connectivity index (χ4n) is 2.83. The first-order valence-corrected chi connectivity index (χ1v) is 9.77. The lowest BCUT2D eigenvalue weighted by atomic mass is 10.2. The quantitative estimate of drug-likeness (QED) is 0.364. The fourth-order valence-corrected chi connectivity index (χ4v) is 3.73. The van der Waals surface area contributed by atoms with Crippen LogP contribution in [0.15, 0.2) is 62.9 Å². The maximum Gasteiger partial charge on any atom is 0.262 e. The third-order valence-electron chi connectivity index (χ3n) is 4.27. The average molecular weight is 394 g/mol. The highest BCUT2D eigenvalue weighted by Gasteiger charge is 2.13. The van der Waals surface area contributed by atoms with Crippen LogP contribution in [0.2, 0.25) is 0 Å². The van der Waals surface area contributed by atoms with Gasteiger partial charge in [0.25, 0.3) is 5.56 Å². The average Bonchev–Trinajstić information content (AvgIpc) is 3.21. The van der Waals surface area contributed by atoms with Crippen molar-refractivity contribution in [3.63, 3.8) is 0 Å². The zero-order valence-electron chi connectivity index (χ0n) is 15.5. The molecule has 0 aliphatic carbocycles. The molecule has 2 aromatic heterocycles. The molecule has 0 aliphatic heterocycles. The van der Waals surface area contributed by atoms with Crippen molar-refractivity contribution in [3.05, 3.63) is 64.8 Å². The Kier molecular flexibility index (Phi) is 5.12. The number of para-hydroxylation sites is 1. The Hall–Kier alpha value is -3.13. The van der Waals surface area contributed by atoms with Crippen molar-refractivity contribution in [1.82, 2.24) is 19.7 Å². The molecule has 2 heterocycles. The van der Waals surface area contributed by atoms with Crippen LogP contribution in [0, 0.1) is 0 Å². The summed E-state index contributed by atoms with van der Waals surface area (Å²) in [6, 6.07) is 14.8. The molecule has 142 valence electrons. The number of thioether (sulfide) groups is 1. The normalized spacial score (nSPS) is 11.1. The number of hydrogen-bond donors (Lipinski definition) is 0. The molecule has 0 N–H and O–H groups in total. The Morgan fingerprint density at radius 2 is 1.89 bits per heavy atom. The van der Waals surface area contributed by atoms with E-state index in [4.69, 9.17) is 9.15 Å². The van der Waals surface area contributed by atoms with E-state index in [1.165, 1.54) is 11.8 Å². The zero-order valence-corrected chi connectivity index (χ0v) is 16.3. The summed E-state index contributed by atoms with van der Waals surface area (Å²) in [4.78, 5) is 17.3. The first kappa shape index (κ1) is 18.2. The standard InChI is InChI=1S/C20H18N4O3S/c1-3-24-19(25)15-6-4-5-7-16(15)21-20(24)28-12-17-22-23-18(27-17)13-8-10-14(26-2)11-9-13/h4-11H,3,12H2,1-2H3. The smallest absolute Gasteiger partial charge is 0.262 e. The molecule has 0 saturated carbocycles. The van der Waals surface area contributed by atoms with Gasteiger partial charge in [-0.15, -0.1) is 10.2 Å². The van der Waals surface area contributed by atoms with E-state index in [1.54, 1.807) is 17.7 Å². The van der Waals surface area contributed by atoms with Gasteiger partial charge in [0.05, 0.1) is 23.8 Å². The minimum absolute atomic E-state index is 0.0416. The summed E-state index contributed by atoms with van der Waals surface area (Å²) in [6.45, 7) is 2.47. The SMILES string of the molecule is CCn1c(SCc2nnc(-c3ccc(OC)cc3)o2)nc2ccccc2c1=O. The third kappa shape index (κ3) is 3.50. The Labute approximate surface area is 165 Å². The maximum absolute atomic E-state index is 12.7. The van der Waals surface area contributed by atoms with E-state index in [0.29, 0.717) is 40.1 Å². The minimum Gasteiger partial charge on any atom is -0.497 e. The van der Waals surface area contributed by atoms with Crippen molar-refractivity contribution in [3.8, 4) is 17.2 Å². The predicted molar refractivity (Wildman–Crippen MR) is 108 cm³/mol. The molecule has 0 amide bonds. The first-order valence-electron chi connectivity index (χ1n) is 8.78. The van der Waals surface area contributed by atoms with Crippen molar-refractivity contribution >= 4 is 22.7 Å². The third-order valence-corrected chi connectivity index (χ3v) is 5.23. The largest absolute Gasteiger partial charge is 0.497 e. The van der Waals surface area contributed by atoms with Crippen molar-refractivity contribution in [2.75, 3.05) is 7.11 Å². The summed E-state index contributed by atoms with van der Waals surface area (Å²) in [5.74, 6) is 2.10. The van der Waals surface area contributed by atoms with Gasteiger partial charge < -0.3 is 9.15 Å². The molecule has 0 fully saturated rings. The summed E-state index contributed by atoms with van der Waals surface area (Å²) in [5, 5.41) is 9.46. The van der Waals surface area contributed by atoms with Crippen LogP contribution in [0.4, 0.5) is 0 Å². The highest BCUT2D eigenvalue weighted by molar-refractivity contribution is 7.98. The Morgan fingerprint density at radius 3 is 2.64 bits per heavy atom. The van der Waals surface area contributed by atoms with Gasteiger partial charge in [0, 0.05) is 12.1 Å². The molecule has 0 unspecified atom stereocenters. The maximum atomic E-state index is 12.7. The van der Waals surface area contributed by atoms with Crippen LogP contribution in [-0.4, -0.2) is 26.9 Å². The molecular weight excluding hydrogens is 376 g/mol. The van der Waals surface area contributed by atoms with Crippen molar-refractivity contribution in [2.45, 2.75) is 24.4 Å². The van der Waals surface area contributed by atoms with Crippen LogP contribution in [-0.2, 0) is 12.3 Å². The first-order chi connectivity index (χ1) is 13.7. The van der Waals surface area contributed by atoms with Gasteiger partial charge >= 0.3 is 0 Å². The van der Waals surface area contributed by atoms with Gasteiger partial charge in [0.1, 0.15) is 5.75 Å². The van der Waals surface area contributed by atoms with Gasteiger partial charge in [-0.3, -0.25) is 9.36 Å². The van der Waals surface area contributed by atoms with Gasteiger partial charge in [-0.25, -0.2) is 4.98 Å². The second-order valence-electron chi connectivity index (χ2n) is 5.98. The molecule has 28 heavy (non-hydrogen) atoms. The molecule has 0 bridgehead atoms. The lowest BCUT2D eigenvalue weighted by molar-refractivity contribution is 0.415. The van der Waals surface area contributed by atoms with Gasteiger partial charge in [0.15, 0.2) is 5.16 Å². The van der Waals surface area contributed by atoms with E-state index in [-0.39, 0.29) is 5.56 Å². The Bertz CT molecular complexity index is 1170.